The van der Waals surface area contributed by atoms with Crippen LogP contribution < -0.4 is 5.73 Å². The van der Waals surface area contributed by atoms with Gasteiger partial charge in [-0.1, -0.05) is 12.8 Å². The Balaban J connectivity index is 1.64. The van der Waals surface area contributed by atoms with Gasteiger partial charge in [-0.05, 0) is 24.5 Å². The third kappa shape index (κ3) is 2.46. The minimum atomic E-state index is 0.0365. The van der Waals surface area contributed by atoms with Crippen molar-refractivity contribution in [1.29, 1.82) is 0 Å². The summed E-state index contributed by atoms with van der Waals surface area (Å²) in [6, 6.07) is 3.96. The highest BCUT2D eigenvalue weighted by Gasteiger charge is 2.34. The zero-order chi connectivity index (χ0) is 15.1. The quantitative estimate of drug-likeness (QED) is 0.944. The molecular weight excluding hydrogens is 298 g/mol. The highest BCUT2D eigenvalue weighted by molar-refractivity contribution is 7.21. The van der Waals surface area contributed by atoms with Crippen molar-refractivity contribution in [2.24, 2.45) is 5.92 Å². The molecule has 3 heterocycles. The molecule has 1 atom stereocenters. The summed E-state index contributed by atoms with van der Waals surface area (Å²) >= 11 is 1.39. The van der Waals surface area contributed by atoms with Crippen LogP contribution in [-0.2, 0) is 4.74 Å². The Kier molecular flexibility index (Phi) is 3.50. The SMILES string of the molecule is Nc1c(C(=O)N2CCOCC2CC2CC2)sc2ncccc12. The molecule has 0 aromatic carbocycles. The number of carbonyl (C=O) groups is 1. The van der Waals surface area contributed by atoms with E-state index in [9.17, 15) is 4.79 Å². The van der Waals surface area contributed by atoms with Crippen molar-refractivity contribution in [2.75, 3.05) is 25.5 Å². The first-order valence-electron chi connectivity index (χ1n) is 7.75. The van der Waals surface area contributed by atoms with Gasteiger partial charge in [0.1, 0.15) is 9.71 Å². The van der Waals surface area contributed by atoms with Gasteiger partial charge in [-0.3, -0.25) is 4.79 Å². The number of aromatic nitrogens is 1. The lowest BCUT2D eigenvalue weighted by atomic mass is 10.1. The molecule has 22 heavy (non-hydrogen) atoms. The van der Waals surface area contributed by atoms with E-state index in [-0.39, 0.29) is 11.9 Å². The van der Waals surface area contributed by atoms with Gasteiger partial charge in [-0.25, -0.2) is 4.98 Å². The van der Waals surface area contributed by atoms with Gasteiger partial charge in [0.25, 0.3) is 5.91 Å². The van der Waals surface area contributed by atoms with Crippen LogP contribution in [-0.4, -0.2) is 41.6 Å². The van der Waals surface area contributed by atoms with Gasteiger partial charge >= 0.3 is 0 Å². The molecule has 0 radical (unpaired) electrons. The number of nitrogens with zero attached hydrogens (tertiary/aromatic N) is 2. The van der Waals surface area contributed by atoms with E-state index in [1.54, 1.807) is 6.20 Å². The first-order chi connectivity index (χ1) is 10.7. The van der Waals surface area contributed by atoms with Crippen molar-refractivity contribution < 1.29 is 9.53 Å². The molecule has 1 aliphatic carbocycles. The zero-order valence-electron chi connectivity index (χ0n) is 12.3. The van der Waals surface area contributed by atoms with E-state index in [4.69, 9.17) is 10.5 Å². The average molecular weight is 317 g/mol. The van der Waals surface area contributed by atoms with Gasteiger partial charge in [-0.2, -0.15) is 0 Å². The van der Waals surface area contributed by atoms with Crippen LogP contribution in [0.25, 0.3) is 10.2 Å². The molecule has 6 heteroatoms. The number of fused-ring (bicyclic) bond motifs is 1. The smallest absolute Gasteiger partial charge is 0.266 e. The molecule has 0 bridgehead atoms. The van der Waals surface area contributed by atoms with Gasteiger partial charge in [0.05, 0.1) is 24.9 Å². The molecule has 1 amide bonds. The Hall–Kier alpha value is -1.66. The van der Waals surface area contributed by atoms with Crippen molar-refractivity contribution >= 4 is 33.1 Å². The molecule has 5 nitrogen and oxygen atoms in total. The number of rotatable bonds is 3. The molecule has 0 spiro atoms. The van der Waals surface area contributed by atoms with Crippen molar-refractivity contribution in [2.45, 2.75) is 25.3 Å². The molecule has 1 unspecified atom stereocenters. The van der Waals surface area contributed by atoms with Crippen LogP contribution in [0, 0.1) is 5.92 Å². The largest absolute Gasteiger partial charge is 0.397 e. The molecule has 1 aliphatic heterocycles. The molecule has 116 valence electrons. The maximum Gasteiger partial charge on any atom is 0.266 e. The molecule has 2 fully saturated rings. The number of anilines is 1. The minimum Gasteiger partial charge on any atom is -0.397 e. The lowest BCUT2D eigenvalue weighted by Crippen LogP contribution is -2.48. The van der Waals surface area contributed by atoms with E-state index in [0.717, 1.165) is 22.6 Å². The van der Waals surface area contributed by atoms with Gasteiger partial charge in [-0.15, -0.1) is 11.3 Å². The number of nitrogens with two attached hydrogens (primary N) is 1. The molecule has 4 rings (SSSR count). The van der Waals surface area contributed by atoms with Crippen LogP contribution in [0.3, 0.4) is 0 Å². The van der Waals surface area contributed by atoms with E-state index < -0.39 is 0 Å². The average Bonchev–Trinajstić information content (AvgIpc) is 3.30. The maximum absolute atomic E-state index is 13.0. The number of carbonyl (C=O) groups excluding carboxylic acids is 1. The predicted octanol–water partition coefficient (Wildman–Crippen LogP) is 2.52. The Morgan fingerprint density at radius 1 is 1.50 bits per heavy atom. The monoisotopic (exact) mass is 317 g/mol. The summed E-state index contributed by atoms with van der Waals surface area (Å²) in [5, 5.41) is 0.878. The van der Waals surface area contributed by atoms with Crippen LogP contribution >= 0.6 is 11.3 Å². The summed E-state index contributed by atoms with van der Waals surface area (Å²) in [5.74, 6) is 0.804. The van der Waals surface area contributed by atoms with Crippen LogP contribution in [0.2, 0.25) is 0 Å². The summed E-state index contributed by atoms with van der Waals surface area (Å²) in [4.78, 5) is 20.7. The van der Waals surface area contributed by atoms with E-state index in [2.05, 4.69) is 4.98 Å². The number of pyridine rings is 1. The first kappa shape index (κ1) is 14.0. The van der Waals surface area contributed by atoms with E-state index >= 15 is 0 Å². The van der Waals surface area contributed by atoms with Gasteiger partial charge in [0, 0.05) is 18.1 Å². The molecule has 2 aromatic rings. The zero-order valence-corrected chi connectivity index (χ0v) is 13.1. The Bertz CT molecular complexity index is 710. The molecule has 1 saturated heterocycles. The fourth-order valence-electron chi connectivity index (χ4n) is 3.10. The lowest BCUT2D eigenvalue weighted by Gasteiger charge is -2.35. The topological polar surface area (TPSA) is 68.5 Å². The number of ether oxygens (including phenoxy) is 1. The molecule has 1 saturated carbocycles. The molecular formula is C16H19N3O2S. The summed E-state index contributed by atoms with van der Waals surface area (Å²) in [6.45, 7) is 1.90. The third-order valence-electron chi connectivity index (χ3n) is 4.49. The number of thiophene rings is 1. The Labute approximate surface area is 133 Å². The fourth-order valence-corrected chi connectivity index (χ4v) is 4.12. The molecule has 2 N–H and O–H groups in total. The lowest BCUT2D eigenvalue weighted by molar-refractivity contribution is -0.00538. The summed E-state index contributed by atoms with van der Waals surface area (Å²) in [5.41, 5.74) is 6.76. The number of morpholine rings is 1. The first-order valence-corrected chi connectivity index (χ1v) is 8.57. The van der Waals surface area contributed by atoms with Crippen LogP contribution in [0.1, 0.15) is 28.9 Å². The number of hydrogen-bond donors (Lipinski definition) is 1. The van der Waals surface area contributed by atoms with Gasteiger partial charge < -0.3 is 15.4 Å². The van der Waals surface area contributed by atoms with Crippen molar-refractivity contribution in [1.82, 2.24) is 9.88 Å². The maximum atomic E-state index is 13.0. The van der Waals surface area contributed by atoms with Crippen LogP contribution in [0.5, 0.6) is 0 Å². The highest BCUT2D eigenvalue weighted by atomic mass is 32.1. The van der Waals surface area contributed by atoms with E-state index in [0.29, 0.717) is 30.3 Å². The van der Waals surface area contributed by atoms with Crippen molar-refractivity contribution in [3.63, 3.8) is 0 Å². The Morgan fingerprint density at radius 3 is 3.14 bits per heavy atom. The number of nitrogen functional groups attached to an aromatic ring is 1. The fraction of sp³-hybridized carbons (Fsp3) is 0.500. The second kappa shape index (κ2) is 5.52. The summed E-state index contributed by atoms with van der Waals surface area (Å²) < 4.78 is 5.58. The molecule has 2 aromatic heterocycles. The standard InChI is InChI=1S/C16H19N3O2S/c17-13-12-2-1-5-18-15(12)22-14(13)16(20)19-6-7-21-9-11(19)8-10-3-4-10/h1-2,5,10-11H,3-4,6-9,17H2. The number of amides is 1. The predicted molar refractivity (Wildman–Crippen MR) is 87.0 cm³/mol. The summed E-state index contributed by atoms with van der Waals surface area (Å²) in [6.07, 6.45) is 5.35. The third-order valence-corrected chi connectivity index (χ3v) is 5.61. The van der Waals surface area contributed by atoms with Crippen LogP contribution in [0.4, 0.5) is 5.69 Å². The second-order valence-electron chi connectivity index (χ2n) is 6.11. The number of hydrogen-bond acceptors (Lipinski definition) is 5. The molecule has 2 aliphatic rings. The van der Waals surface area contributed by atoms with E-state index in [1.807, 2.05) is 17.0 Å². The van der Waals surface area contributed by atoms with Gasteiger partial charge in [0.15, 0.2) is 0 Å². The Morgan fingerprint density at radius 2 is 2.36 bits per heavy atom. The van der Waals surface area contributed by atoms with Crippen molar-refractivity contribution in [3.8, 4) is 0 Å². The van der Waals surface area contributed by atoms with E-state index in [1.165, 1.54) is 24.2 Å². The van der Waals surface area contributed by atoms with Gasteiger partial charge in [0.2, 0.25) is 0 Å². The highest BCUT2D eigenvalue weighted by Crippen LogP contribution is 2.37. The van der Waals surface area contributed by atoms with Crippen molar-refractivity contribution in [3.05, 3.63) is 23.2 Å². The van der Waals surface area contributed by atoms with Crippen LogP contribution in [0.15, 0.2) is 18.3 Å². The normalized spacial score (nSPS) is 22.2. The summed E-state index contributed by atoms with van der Waals surface area (Å²) in [7, 11) is 0. The second-order valence-corrected chi connectivity index (χ2v) is 7.11. The minimum absolute atomic E-state index is 0.0365.